The minimum Gasteiger partial charge on any atom is -0.393 e. The Morgan fingerprint density at radius 1 is 1.14 bits per heavy atom. The Kier molecular flexibility index (Phi) is 3.49. The Morgan fingerprint density at radius 3 is 2.73 bits per heavy atom. The zero-order chi connectivity index (χ0) is 15.5. The van der Waals surface area contributed by atoms with E-state index in [1.54, 1.807) is 5.57 Å². The van der Waals surface area contributed by atoms with Crippen molar-refractivity contribution in [2.24, 2.45) is 34.4 Å². The quantitative estimate of drug-likeness (QED) is 0.396. The van der Waals surface area contributed by atoms with Crippen LogP contribution in [0.5, 0.6) is 0 Å². The van der Waals surface area contributed by atoms with Crippen LogP contribution < -0.4 is 11.3 Å². The van der Waals surface area contributed by atoms with Crippen LogP contribution in [0.2, 0.25) is 0 Å². The molecule has 3 fully saturated rings. The van der Waals surface area contributed by atoms with E-state index >= 15 is 0 Å². The van der Waals surface area contributed by atoms with E-state index < -0.39 is 0 Å². The van der Waals surface area contributed by atoms with Crippen molar-refractivity contribution < 1.29 is 5.11 Å². The molecule has 1 unspecified atom stereocenters. The average Bonchev–Trinajstić information content (AvgIpc) is 2.84. The number of fused-ring (bicyclic) bond motifs is 5. The highest BCUT2D eigenvalue weighted by atomic mass is 16.3. The van der Waals surface area contributed by atoms with Gasteiger partial charge >= 0.3 is 0 Å². The van der Waals surface area contributed by atoms with Gasteiger partial charge in [-0.05, 0) is 80.0 Å². The molecule has 3 nitrogen and oxygen atoms in total. The maximum absolute atomic E-state index is 10.1. The topological polar surface area (TPSA) is 58.3 Å². The highest BCUT2D eigenvalue weighted by Gasteiger charge is 2.58. The van der Waals surface area contributed by atoms with Crippen LogP contribution in [0.15, 0.2) is 11.6 Å². The smallest absolute Gasteiger partial charge is 0.0577 e. The second-order valence-electron chi connectivity index (χ2n) is 9.00. The summed E-state index contributed by atoms with van der Waals surface area (Å²) < 4.78 is 0. The number of nitrogens with one attached hydrogen (secondary N) is 1. The molecule has 0 aromatic carbocycles. The molecule has 0 heterocycles. The van der Waals surface area contributed by atoms with E-state index in [-0.39, 0.29) is 6.10 Å². The van der Waals surface area contributed by atoms with Gasteiger partial charge in [0.25, 0.3) is 0 Å². The first kappa shape index (κ1) is 15.2. The molecule has 0 aromatic heterocycles. The lowest BCUT2D eigenvalue weighted by molar-refractivity contribution is -0.0433. The molecule has 22 heavy (non-hydrogen) atoms. The van der Waals surface area contributed by atoms with E-state index in [2.05, 4.69) is 25.3 Å². The van der Waals surface area contributed by atoms with Crippen molar-refractivity contribution in [3.05, 3.63) is 11.6 Å². The van der Waals surface area contributed by atoms with Crippen molar-refractivity contribution in [2.45, 2.75) is 77.4 Å². The summed E-state index contributed by atoms with van der Waals surface area (Å²) in [5.41, 5.74) is 5.45. The van der Waals surface area contributed by atoms with Gasteiger partial charge in [0.1, 0.15) is 0 Å². The normalized spacial score (nSPS) is 54.2. The van der Waals surface area contributed by atoms with Gasteiger partial charge in [-0.2, -0.15) is 0 Å². The fourth-order valence-electron chi connectivity index (χ4n) is 6.92. The third-order valence-corrected chi connectivity index (χ3v) is 8.28. The van der Waals surface area contributed by atoms with Gasteiger partial charge in [-0.15, -0.1) is 0 Å². The summed E-state index contributed by atoms with van der Waals surface area (Å²) in [5.74, 6) is 8.34. The van der Waals surface area contributed by atoms with E-state index in [0.29, 0.717) is 16.9 Å². The van der Waals surface area contributed by atoms with Crippen molar-refractivity contribution in [3.8, 4) is 0 Å². The standard InChI is InChI=1S/C19H32N2O/c1-18-9-7-13(22)11-12(18)3-4-14-15-5-6-17(21-20)19(15,2)10-8-16(14)18/h3,13-17,21-22H,4-11,20H2,1-2H3/t13-,14-,15-,16-,17?,18-,19-/m0/s1. The van der Waals surface area contributed by atoms with E-state index in [0.717, 1.165) is 30.6 Å². The highest BCUT2D eigenvalue weighted by Crippen LogP contribution is 2.64. The molecule has 4 N–H and O–H groups in total. The fraction of sp³-hybridized carbons (Fsp3) is 0.895. The summed E-state index contributed by atoms with van der Waals surface area (Å²) in [5, 5.41) is 10.1. The summed E-state index contributed by atoms with van der Waals surface area (Å²) in [6.07, 6.45) is 12.0. The molecule has 4 rings (SSSR count). The summed E-state index contributed by atoms with van der Waals surface area (Å²) in [7, 11) is 0. The Bertz CT molecular complexity index is 490. The first-order valence-electron chi connectivity index (χ1n) is 9.33. The molecule has 0 bridgehead atoms. The lowest BCUT2D eigenvalue weighted by atomic mass is 9.48. The summed E-state index contributed by atoms with van der Waals surface area (Å²) in [4.78, 5) is 0. The molecule has 3 heteroatoms. The molecule has 0 saturated heterocycles. The molecule has 124 valence electrons. The summed E-state index contributed by atoms with van der Waals surface area (Å²) >= 11 is 0. The number of hydrazine groups is 1. The van der Waals surface area contributed by atoms with E-state index in [1.165, 1.54) is 38.5 Å². The van der Waals surface area contributed by atoms with Gasteiger partial charge in [0, 0.05) is 6.04 Å². The van der Waals surface area contributed by atoms with Gasteiger partial charge in [0.15, 0.2) is 0 Å². The van der Waals surface area contributed by atoms with Crippen molar-refractivity contribution in [2.75, 3.05) is 0 Å². The predicted octanol–water partition coefficient (Wildman–Crippen LogP) is 3.14. The number of aliphatic hydroxyl groups is 1. The number of rotatable bonds is 1. The van der Waals surface area contributed by atoms with Gasteiger partial charge in [0.2, 0.25) is 0 Å². The van der Waals surface area contributed by atoms with E-state index in [4.69, 9.17) is 5.84 Å². The first-order valence-corrected chi connectivity index (χ1v) is 9.33. The van der Waals surface area contributed by atoms with Crippen LogP contribution in [-0.2, 0) is 0 Å². The lowest BCUT2D eigenvalue weighted by Crippen LogP contribution is -2.54. The maximum atomic E-state index is 10.1. The summed E-state index contributed by atoms with van der Waals surface area (Å²) in [6, 6.07) is 0.504. The van der Waals surface area contributed by atoms with Crippen LogP contribution in [0, 0.1) is 28.6 Å². The SMILES string of the molecule is C[C@]12CC[C@H](O)CC1=CC[C@@H]1[C@@H]2CC[C@]2(C)C(NN)CC[C@@H]12. The zero-order valence-corrected chi connectivity index (χ0v) is 14.1. The summed E-state index contributed by atoms with van der Waals surface area (Å²) in [6.45, 7) is 4.98. The first-order chi connectivity index (χ1) is 10.5. The number of aliphatic hydroxyl groups excluding tert-OH is 1. The van der Waals surface area contributed by atoms with Crippen molar-refractivity contribution >= 4 is 0 Å². The molecule has 4 aliphatic carbocycles. The van der Waals surface area contributed by atoms with E-state index in [9.17, 15) is 5.11 Å². The molecule has 3 saturated carbocycles. The van der Waals surface area contributed by atoms with Crippen LogP contribution in [-0.4, -0.2) is 17.3 Å². The Labute approximate surface area is 134 Å². The molecule has 0 amide bonds. The largest absolute Gasteiger partial charge is 0.393 e. The third-order valence-electron chi connectivity index (χ3n) is 8.28. The van der Waals surface area contributed by atoms with Gasteiger partial charge in [-0.3, -0.25) is 11.3 Å². The second-order valence-corrected chi connectivity index (χ2v) is 9.00. The van der Waals surface area contributed by atoms with Crippen molar-refractivity contribution in [1.29, 1.82) is 0 Å². The molecular weight excluding hydrogens is 272 g/mol. The van der Waals surface area contributed by atoms with Crippen LogP contribution in [0.4, 0.5) is 0 Å². The predicted molar refractivity (Wildman–Crippen MR) is 88.8 cm³/mol. The van der Waals surface area contributed by atoms with Crippen molar-refractivity contribution in [3.63, 3.8) is 0 Å². The molecule has 0 radical (unpaired) electrons. The number of allylic oxidation sites excluding steroid dienone is 1. The minimum absolute atomic E-state index is 0.0953. The second kappa shape index (κ2) is 5.06. The Balaban J connectivity index is 1.66. The van der Waals surface area contributed by atoms with Crippen LogP contribution in [0.1, 0.15) is 65.2 Å². The molecule has 0 spiro atoms. The van der Waals surface area contributed by atoms with Crippen LogP contribution >= 0.6 is 0 Å². The number of nitrogens with two attached hydrogens (primary N) is 1. The third kappa shape index (κ3) is 1.91. The number of hydrogen-bond acceptors (Lipinski definition) is 3. The monoisotopic (exact) mass is 304 g/mol. The average molecular weight is 304 g/mol. The molecular formula is C19H32N2O. The molecule has 0 aliphatic heterocycles. The van der Waals surface area contributed by atoms with Crippen molar-refractivity contribution in [1.82, 2.24) is 5.43 Å². The van der Waals surface area contributed by atoms with E-state index in [1.807, 2.05) is 0 Å². The van der Waals surface area contributed by atoms with Gasteiger partial charge in [-0.1, -0.05) is 25.5 Å². The maximum Gasteiger partial charge on any atom is 0.0577 e. The van der Waals surface area contributed by atoms with Gasteiger partial charge in [-0.25, -0.2) is 0 Å². The van der Waals surface area contributed by atoms with Gasteiger partial charge < -0.3 is 5.11 Å². The van der Waals surface area contributed by atoms with Crippen LogP contribution in [0.3, 0.4) is 0 Å². The van der Waals surface area contributed by atoms with Gasteiger partial charge in [0.05, 0.1) is 6.10 Å². The number of hydrogen-bond donors (Lipinski definition) is 3. The zero-order valence-electron chi connectivity index (χ0n) is 14.1. The molecule has 7 atom stereocenters. The Hall–Kier alpha value is -0.380. The minimum atomic E-state index is -0.0953. The highest BCUT2D eigenvalue weighted by molar-refractivity contribution is 5.25. The Morgan fingerprint density at radius 2 is 1.95 bits per heavy atom. The molecule has 0 aromatic rings. The van der Waals surface area contributed by atoms with Crippen LogP contribution in [0.25, 0.3) is 0 Å². The fourth-order valence-corrected chi connectivity index (χ4v) is 6.92. The molecule has 4 aliphatic rings. The lowest BCUT2D eigenvalue weighted by Gasteiger charge is -2.58.